The summed E-state index contributed by atoms with van der Waals surface area (Å²) in [5, 5.41) is 0. The van der Waals surface area contributed by atoms with Crippen LogP contribution in [0.15, 0.2) is 0 Å². The molecule has 64 valence electrons. The van der Waals surface area contributed by atoms with Crippen molar-refractivity contribution in [3.05, 3.63) is 0 Å². The van der Waals surface area contributed by atoms with Gasteiger partial charge in [0.05, 0.1) is 0 Å². The van der Waals surface area contributed by atoms with E-state index in [2.05, 4.69) is 38.1 Å². The Hall–Kier alpha value is 0.310. The summed E-state index contributed by atoms with van der Waals surface area (Å²) in [6.07, 6.45) is 6.01. The molecule has 1 N–H and O–H groups in total. The number of rotatable bonds is 4. The van der Waals surface area contributed by atoms with Crippen molar-refractivity contribution in [2.45, 2.75) is 20.3 Å². The first-order valence-electron chi connectivity index (χ1n) is 3.87. The van der Waals surface area contributed by atoms with E-state index in [1.54, 1.807) is 0 Å². The van der Waals surface area contributed by atoms with Gasteiger partial charge in [0.2, 0.25) is 0 Å². The maximum Gasteiger partial charge on any atom is -0.00715 e. The van der Waals surface area contributed by atoms with Crippen molar-refractivity contribution in [3.8, 4) is 0 Å². The van der Waals surface area contributed by atoms with Gasteiger partial charge in [-0.25, -0.2) is 0 Å². The maximum absolute atomic E-state index is 3.38. The molecular weight excluding hydrogens is 142 g/mol. The molecule has 0 saturated carbocycles. The van der Waals surface area contributed by atoms with Crippen LogP contribution in [-0.2, 0) is 0 Å². The Labute approximate surface area is 67.0 Å². The van der Waals surface area contributed by atoms with Gasteiger partial charge in [-0.3, -0.25) is 4.72 Å². The molecule has 2 heteroatoms. The molecule has 0 bridgehead atoms. The minimum Gasteiger partial charge on any atom is -0.284 e. The van der Waals surface area contributed by atoms with E-state index in [4.69, 9.17) is 0 Å². The third kappa shape index (κ3) is 5.12. The molecule has 10 heavy (non-hydrogen) atoms. The van der Waals surface area contributed by atoms with E-state index in [9.17, 15) is 0 Å². The van der Waals surface area contributed by atoms with Gasteiger partial charge in [-0.15, -0.1) is 0 Å². The first kappa shape index (κ1) is 10.3. The second-order valence-corrected chi connectivity index (χ2v) is 7.52. The molecule has 0 unspecified atom stereocenters. The molecule has 0 rings (SSSR count). The average molecular weight is 163 g/mol. The average Bonchev–Trinajstić information content (AvgIpc) is 1.85. The summed E-state index contributed by atoms with van der Waals surface area (Å²) >= 11 is 0. The molecule has 0 amide bonds. The molecule has 0 saturated heterocycles. The van der Waals surface area contributed by atoms with Crippen molar-refractivity contribution < 1.29 is 0 Å². The highest BCUT2D eigenvalue weighted by molar-refractivity contribution is 8.31. The van der Waals surface area contributed by atoms with Gasteiger partial charge in [0.1, 0.15) is 0 Å². The van der Waals surface area contributed by atoms with E-state index < -0.39 is 10.2 Å². The van der Waals surface area contributed by atoms with E-state index >= 15 is 0 Å². The first-order valence-corrected chi connectivity index (χ1v) is 6.49. The van der Waals surface area contributed by atoms with E-state index in [1.807, 2.05) is 0 Å². The lowest BCUT2D eigenvalue weighted by molar-refractivity contribution is 0.629. The molecule has 0 aromatic rings. The van der Waals surface area contributed by atoms with E-state index in [0.29, 0.717) is 0 Å². The lowest BCUT2D eigenvalue weighted by atomic mass is 10.2. The largest absolute Gasteiger partial charge is 0.284 e. The topological polar surface area (TPSA) is 12.0 Å². The SMILES string of the molecule is CNS(C)(C)CCC(C)C. The highest BCUT2D eigenvalue weighted by Gasteiger charge is 2.07. The van der Waals surface area contributed by atoms with Gasteiger partial charge < -0.3 is 0 Å². The van der Waals surface area contributed by atoms with Crippen LogP contribution in [0.3, 0.4) is 0 Å². The lowest BCUT2D eigenvalue weighted by Crippen LogP contribution is -2.17. The van der Waals surface area contributed by atoms with Crippen LogP contribution in [-0.4, -0.2) is 25.3 Å². The van der Waals surface area contributed by atoms with Crippen molar-refractivity contribution in [1.29, 1.82) is 0 Å². The summed E-state index contributed by atoms with van der Waals surface area (Å²) in [5.41, 5.74) is 0. The summed E-state index contributed by atoms with van der Waals surface area (Å²) in [6, 6.07) is 0. The van der Waals surface area contributed by atoms with E-state index in [0.717, 1.165) is 5.92 Å². The van der Waals surface area contributed by atoms with Crippen molar-refractivity contribution in [2.75, 3.05) is 25.3 Å². The summed E-state index contributed by atoms with van der Waals surface area (Å²) in [5.74, 6) is 2.20. The van der Waals surface area contributed by atoms with Crippen molar-refractivity contribution in [3.63, 3.8) is 0 Å². The molecule has 0 radical (unpaired) electrons. The van der Waals surface area contributed by atoms with Gasteiger partial charge in [-0.2, -0.15) is 10.2 Å². The summed E-state index contributed by atoms with van der Waals surface area (Å²) in [7, 11) is 1.60. The lowest BCUT2D eigenvalue weighted by Gasteiger charge is -2.31. The Kier molecular flexibility index (Phi) is 4.37. The van der Waals surface area contributed by atoms with Crippen LogP contribution < -0.4 is 4.72 Å². The second kappa shape index (κ2) is 4.24. The Morgan fingerprint density at radius 1 is 1.30 bits per heavy atom. The van der Waals surface area contributed by atoms with Gasteiger partial charge in [-0.05, 0) is 37.7 Å². The van der Waals surface area contributed by atoms with Crippen LogP contribution in [0.2, 0.25) is 0 Å². The maximum atomic E-state index is 3.38. The minimum atomic E-state index is -0.465. The van der Waals surface area contributed by atoms with Gasteiger partial charge in [-0.1, -0.05) is 13.8 Å². The predicted octanol–water partition coefficient (Wildman–Crippen LogP) is 2.23. The molecule has 0 fully saturated rings. The number of nitrogens with one attached hydrogen (secondary N) is 1. The van der Waals surface area contributed by atoms with Crippen LogP contribution in [0.1, 0.15) is 20.3 Å². The molecule has 0 aromatic carbocycles. The normalized spacial score (nSPS) is 14.2. The highest BCUT2D eigenvalue weighted by Crippen LogP contribution is 2.35. The molecule has 0 atom stereocenters. The monoisotopic (exact) mass is 163 g/mol. The molecular formula is C8H21NS. The molecule has 0 spiro atoms. The van der Waals surface area contributed by atoms with Crippen molar-refractivity contribution in [2.24, 2.45) is 5.92 Å². The molecule has 0 aliphatic rings. The second-order valence-electron chi connectivity index (χ2n) is 3.63. The van der Waals surface area contributed by atoms with Gasteiger partial charge in [0.25, 0.3) is 0 Å². The Morgan fingerprint density at radius 2 is 1.80 bits per heavy atom. The van der Waals surface area contributed by atoms with Crippen LogP contribution in [0, 0.1) is 5.92 Å². The summed E-state index contributed by atoms with van der Waals surface area (Å²) in [4.78, 5) is 0. The van der Waals surface area contributed by atoms with Crippen LogP contribution in [0.4, 0.5) is 0 Å². The summed E-state index contributed by atoms with van der Waals surface area (Å²) < 4.78 is 3.38. The quantitative estimate of drug-likeness (QED) is 0.670. The zero-order valence-electron chi connectivity index (χ0n) is 7.90. The third-order valence-electron chi connectivity index (χ3n) is 1.76. The Bertz CT molecular complexity index is 89.3. The number of hydrogen-bond acceptors (Lipinski definition) is 1. The fourth-order valence-corrected chi connectivity index (χ4v) is 1.90. The van der Waals surface area contributed by atoms with Gasteiger partial charge >= 0.3 is 0 Å². The van der Waals surface area contributed by atoms with Gasteiger partial charge in [0, 0.05) is 0 Å². The standard InChI is InChI=1S/C8H21NS/c1-8(2)6-7-10(4,5)9-3/h8-9H,6-7H2,1-5H3. The number of hydrogen-bond donors (Lipinski definition) is 1. The van der Waals surface area contributed by atoms with Crippen molar-refractivity contribution >= 4 is 10.2 Å². The molecule has 0 aliphatic heterocycles. The molecule has 0 heterocycles. The molecule has 0 aliphatic carbocycles. The zero-order valence-corrected chi connectivity index (χ0v) is 8.72. The van der Waals surface area contributed by atoms with E-state index in [-0.39, 0.29) is 0 Å². The minimum absolute atomic E-state index is 0.465. The molecule has 1 nitrogen and oxygen atoms in total. The fourth-order valence-electron chi connectivity index (χ4n) is 0.632. The Morgan fingerprint density at radius 3 is 2.10 bits per heavy atom. The summed E-state index contributed by atoms with van der Waals surface area (Å²) in [6.45, 7) is 4.57. The van der Waals surface area contributed by atoms with Crippen molar-refractivity contribution in [1.82, 2.24) is 4.72 Å². The highest BCUT2D eigenvalue weighted by atomic mass is 32.3. The first-order chi connectivity index (χ1) is 4.48. The van der Waals surface area contributed by atoms with Gasteiger partial charge in [0.15, 0.2) is 0 Å². The zero-order chi connectivity index (χ0) is 8.20. The van der Waals surface area contributed by atoms with Crippen LogP contribution in [0.25, 0.3) is 0 Å². The van der Waals surface area contributed by atoms with Crippen LogP contribution >= 0.6 is 10.2 Å². The third-order valence-corrected chi connectivity index (χ3v) is 4.12. The predicted molar refractivity (Wildman–Crippen MR) is 52.8 cm³/mol. The molecule has 0 aromatic heterocycles. The van der Waals surface area contributed by atoms with Crippen LogP contribution in [0.5, 0.6) is 0 Å². The smallest absolute Gasteiger partial charge is 0.00715 e. The Balaban J connectivity index is 3.46. The van der Waals surface area contributed by atoms with E-state index in [1.165, 1.54) is 12.2 Å². The fraction of sp³-hybridized carbons (Fsp3) is 1.00.